The van der Waals surface area contributed by atoms with Gasteiger partial charge < -0.3 is 0 Å². The lowest BCUT2D eigenvalue weighted by atomic mass is 9.88. The highest BCUT2D eigenvalue weighted by Gasteiger charge is 2.24. The van der Waals surface area contributed by atoms with E-state index < -0.39 is 0 Å². The maximum absolute atomic E-state index is 4.40. The van der Waals surface area contributed by atoms with Gasteiger partial charge in [-0.3, -0.25) is 4.98 Å². The Labute approximate surface area is 715 Å². The van der Waals surface area contributed by atoms with E-state index >= 15 is 0 Å². The summed E-state index contributed by atoms with van der Waals surface area (Å²) in [5.41, 5.74) is 14.0. The molecule has 0 saturated carbocycles. The van der Waals surface area contributed by atoms with Gasteiger partial charge in [0.15, 0.2) is 0 Å². The Kier molecular flexibility index (Phi) is 43.2. The molecule has 0 saturated heterocycles. The molecule has 11 rings (SSSR count). The molecule has 0 unspecified atom stereocenters. The first-order valence-corrected chi connectivity index (χ1v) is 45.8. The van der Waals surface area contributed by atoms with Crippen molar-refractivity contribution in [3.63, 3.8) is 0 Å². The third-order valence-corrected chi connectivity index (χ3v) is 24.3. The average Bonchev–Trinajstić information content (AvgIpc) is 1.63. The topological polar surface area (TPSA) is 180 Å². The number of nitrogens with zero attached hydrogens (tertiary/aromatic N) is 14. The first-order valence-electron chi connectivity index (χ1n) is 37.4. The molecule has 14 nitrogen and oxygen atoms in total. The van der Waals surface area contributed by atoms with Crippen molar-refractivity contribution >= 4 is 114 Å². The highest BCUT2D eigenvalue weighted by atomic mass is 32.1. The number of hydrogen-bond donors (Lipinski definition) is 0. The maximum Gasteiger partial charge on any atom is 0.139 e. The fraction of sp³-hybridized carbons (Fsp3) is 0.632. The van der Waals surface area contributed by atoms with E-state index in [9.17, 15) is 0 Å². The fourth-order valence-corrected chi connectivity index (χ4v) is 15.5. The van der Waals surface area contributed by atoms with Gasteiger partial charge in [0, 0.05) is 92.4 Å². The van der Waals surface area contributed by atoms with Crippen molar-refractivity contribution in [1.29, 1.82) is 0 Å². The van der Waals surface area contributed by atoms with Crippen molar-refractivity contribution in [1.82, 2.24) is 67.3 Å². The summed E-state index contributed by atoms with van der Waals surface area (Å²) in [5, 5.41) is 22.0. The van der Waals surface area contributed by atoms with E-state index in [1.54, 1.807) is 56.7 Å². The van der Waals surface area contributed by atoms with Crippen LogP contribution in [0.25, 0.3) is 0 Å². The van der Waals surface area contributed by atoms with Crippen LogP contribution in [0.4, 0.5) is 0 Å². The van der Waals surface area contributed by atoms with Gasteiger partial charge in [-0.05, 0) is 155 Å². The van der Waals surface area contributed by atoms with Crippen LogP contribution in [-0.4, -0.2) is 67.3 Å². The zero-order valence-electron chi connectivity index (χ0n) is 75.7. The van der Waals surface area contributed by atoms with E-state index in [-0.39, 0.29) is 61.6 Å². The van der Waals surface area contributed by atoms with Crippen LogP contribution in [0.3, 0.4) is 0 Å². The van der Waals surface area contributed by atoms with Gasteiger partial charge in [-0.2, -0.15) is 17.5 Å². The minimum Gasteiger partial charge on any atom is -0.261 e. The molecule has 0 amide bonds. The molecule has 0 bridgehead atoms. The second-order valence-electron chi connectivity index (χ2n) is 38.4. The van der Waals surface area contributed by atoms with Gasteiger partial charge in [0.1, 0.15) is 43.3 Å². The van der Waals surface area contributed by atoms with Gasteiger partial charge in [-0.15, -0.1) is 68.0 Å². The lowest BCUT2D eigenvalue weighted by Crippen LogP contribution is -2.11. The second-order valence-corrected chi connectivity index (χ2v) is 47.4. The highest BCUT2D eigenvalue weighted by Crippen LogP contribution is 2.31. The fourth-order valence-electron chi connectivity index (χ4n) is 7.57. The molecule has 0 aliphatic heterocycles. The Balaban J connectivity index is 0.00000120. The first-order chi connectivity index (χ1) is 49.6. The predicted molar refractivity (Wildman–Crippen MR) is 499 cm³/mol. The van der Waals surface area contributed by atoms with E-state index in [0.717, 1.165) is 69.1 Å². The van der Waals surface area contributed by atoms with Crippen molar-refractivity contribution in [2.45, 2.75) is 365 Å². The quantitative estimate of drug-likeness (QED) is 0.140. The number of thiazole rings is 5. The summed E-state index contributed by atoms with van der Waals surface area (Å²) < 4.78 is 16.5. The van der Waals surface area contributed by atoms with Crippen molar-refractivity contribution in [3.8, 4) is 0 Å². The summed E-state index contributed by atoms with van der Waals surface area (Å²) >= 11 is 16.3. The van der Waals surface area contributed by atoms with Crippen molar-refractivity contribution in [2.24, 2.45) is 0 Å². The molecular weight excluding hydrogens is 1560 g/mol. The van der Waals surface area contributed by atoms with Gasteiger partial charge in [0.05, 0.1) is 54.0 Å². The summed E-state index contributed by atoms with van der Waals surface area (Å²) in [5.74, 6) is 3.54. The minimum absolute atomic E-state index is 0. The molecule has 0 aromatic carbocycles. The van der Waals surface area contributed by atoms with Crippen LogP contribution in [0.2, 0.25) is 0 Å². The van der Waals surface area contributed by atoms with E-state index in [1.807, 2.05) is 85.4 Å². The van der Waals surface area contributed by atoms with Crippen LogP contribution in [0, 0.1) is 69.2 Å². The van der Waals surface area contributed by atoms with Crippen LogP contribution < -0.4 is 0 Å². The van der Waals surface area contributed by atoms with Crippen LogP contribution in [-0.2, 0) is 59.6 Å². The Bertz CT molecular complexity index is 3580. The summed E-state index contributed by atoms with van der Waals surface area (Å²) in [4.78, 5) is 44.6. The van der Waals surface area contributed by atoms with Crippen LogP contribution in [0.15, 0.2) is 62.2 Å². The number of aryl methyl sites for hydroxylation is 10. The van der Waals surface area contributed by atoms with Gasteiger partial charge in [0.2, 0.25) is 0 Å². The summed E-state index contributed by atoms with van der Waals surface area (Å²) in [7, 11) is 0. The molecule has 11 aromatic heterocycles. The molecule has 0 N–H and O–H groups in total. The molecule has 111 heavy (non-hydrogen) atoms. The van der Waals surface area contributed by atoms with Crippen LogP contribution >= 0.6 is 114 Å². The first kappa shape index (κ1) is 106. The number of aromatic nitrogens is 14. The molecule has 622 valence electrons. The van der Waals surface area contributed by atoms with Crippen molar-refractivity contribution < 1.29 is 0 Å². The zero-order chi connectivity index (χ0) is 85.4. The molecule has 0 spiro atoms. The molecule has 0 atom stereocenters. The minimum atomic E-state index is 0. The molecular formula is C87H144N14S10. The molecule has 0 radical (unpaired) electrons. The van der Waals surface area contributed by atoms with E-state index in [0.29, 0.717) is 5.41 Å². The average molecular weight is 1710 g/mol. The molecule has 11 aromatic rings. The summed E-state index contributed by atoms with van der Waals surface area (Å²) in [6, 6.07) is 6.47. The molecule has 0 aliphatic rings. The third-order valence-electron chi connectivity index (χ3n) is 14.8. The number of thiophene rings is 1. The molecule has 0 aliphatic carbocycles. The van der Waals surface area contributed by atoms with Crippen LogP contribution in [0.1, 0.15) is 349 Å². The SMILES string of the molecule is C.CC(C)(C)c1cscn1.Cc1cc(C(C)(C)C)cs1.Cc1ccc(C(C)(C)C)cn1.Cc1nc(C(C)(C)C)cs1.Cc1nc(C(C)(C)C)cs1.Cc1nc(C(C)(C)C)cs1.Cc1nc(C(C)(C)C)cs1.Cc1nsc(C(C)(C)C)n1.Cc1nsc(C(C)(C)C)n1.Cc1nsc(C(C)(C)C)n1.Cc1nsc(C(C)(C)C)n1. The Morgan fingerprint density at radius 2 is 0.514 bits per heavy atom. The van der Waals surface area contributed by atoms with Gasteiger partial charge in [-0.1, -0.05) is 242 Å². The monoisotopic (exact) mass is 1700 g/mol. The third kappa shape index (κ3) is 44.2. The number of rotatable bonds is 0. The van der Waals surface area contributed by atoms with Gasteiger partial charge in [0.25, 0.3) is 0 Å². The highest BCUT2D eigenvalue weighted by molar-refractivity contribution is 7.11. The second kappa shape index (κ2) is 45.1. The van der Waals surface area contributed by atoms with E-state index in [2.05, 4.69) is 353 Å². The van der Waals surface area contributed by atoms with Gasteiger partial charge in [-0.25, -0.2) is 44.9 Å². The van der Waals surface area contributed by atoms with Crippen LogP contribution in [0.5, 0.6) is 0 Å². The zero-order valence-corrected chi connectivity index (χ0v) is 83.9. The Morgan fingerprint density at radius 1 is 0.252 bits per heavy atom. The predicted octanol–water partition coefficient (Wildman–Crippen LogP) is 28.7. The van der Waals surface area contributed by atoms with Crippen molar-refractivity contribution in [2.75, 3.05) is 0 Å². The molecule has 0 fully saturated rings. The summed E-state index contributed by atoms with van der Waals surface area (Å²) in [6.07, 6.45) is 1.95. The largest absolute Gasteiger partial charge is 0.261 e. The Morgan fingerprint density at radius 3 is 0.622 bits per heavy atom. The summed E-state index contributed by atoms with van der Waals surface area (Å²) in [6.45, 7) is 91.8. The van der Waals surface area contributed by atoms with Crippen molar-refractivity contribution in [3.05, 3.63) is 176 Å². The van der Waals surface area contributed by atoms with Gasteiger partial charge >= 0.3 is 0 Å². The maximum atomic E-state index is 4.40. The molecule has 11 heterocycles. The smallest absolute Gasteiger partial charge is 0.139 e. The standard InChI is InChI=1S/C10H15N.C9H14S.4C8H13NS.4C7H12N2S.C7H11NS.CH4/c1-8-5-6-9(7-11-8)10(2,3)4;1-7-5-8(6-10-7)9(2,3)4;4*1-6-9-7(5-10-6)8(2,3)4;4*1-5-8-6(10-9-5)7(2,3)4;1-7(2,3)6-4-9-5-8-6;/h5-7H,1-4H3;5-6H,1-4H3;4*5H,1-4H3;4*1-4H3;4-5H,1-3H3;1H4. The van der Waals surface area contributed by atoms with E-state index in [4.69, 9.17) is 0 Å². The molecule has 24 heteroatoms. The number of hydrogen-bond acceptors (Lipinski definition) is 24. The lowest BCUT2D eigenvalue weighted by molar-refractivity contribution is 0.571. The number of pyridine rings is 1. The lowest BCUT2D eigenvalue weighted by Gasteiger charge is -2.17. The Hall–Kier alpha value is -4.76. The normalized spacial score (nSPS) is 11.8. The van der Waals surface area contributed by atoms with E-state index in [1.165, 1.54) is 90.6 Å².